The fourth-order valence-corrected chi connectivity index (χ4v) is 4.98. The van der Waals surface area contributed by atoms with Crippen molar-refractivity contribution in [2.45, 2.75) is 18.4 Å². The number of nitro benzene ring substituents is 1. The van der Waals surface area contributed by atoms with E-state index in [1.54, 1.807) is 30.3 Å². The van der Waals surface area contributed by atoms with Crippen molar-refractivity contribution in [2.24, 2.45) is 0 Å². The first-order valence-electron chi connectivity index (χ1n) is 9.62. The Bertz CT molecular complexity index is 1300. The highest BCUT2D eigenvalue weighted by atomic mass is 35.5. The Morgan fingerprint density at radius 3 is 2.39 bits per heavy atom. The van der Waals surface area contributed by atoms with Gasteiger partial charge in [-0.1, -0.05) is 53.5 Å². The maximum atomic E-state index is 13.3. The topological polar surface area (TPSA) is 110 Å². The number of anilines is 1. The van der Waals surface area contributed by atoms with Gasteiger partial charge in [-0.15, -0.1) is 0 Å². The zero-order valence-corrected chi connectivity index (χ0v) is 19.7. The lowest BCUT2D eigenvalue weighted by Gasteiger charge is -2.23. The molecule has 11 heteroatoms. The number of benzene rings is 3. The highest BCUT2D eigenvalue weighted by Gasteiger charge is 2.28. The second-order valence-electron chi connectivity index (χ2n) is 7.08. The van der Waals surface area contributed by atoms with Gasteiger partial charge in [0.2, 0.25) is 15.9 Å². The molecule has 0 saturated heterocycles. The van der Waals surface area contributed by atoms with E-state index in [9.17, 15) is 23.3 Å². The number of sulfonamides is 1. The summed E-state index contributed by atoms with van der Waals surface area (Å²) < 4.78 is 27.6. The molecule has 0 spiro atoms. The highest BCUT2D eigenvalue weighted by molar-refractivity contribution is 7.89. The summed E-state index contributed by atoms with van der Waals surface area (Å²) in [7, 11) is -4.07. The summed E-state index contributed by atoms with van der Waals surface area (Å²) >= 11 is 12.2. The quantitative estimate of drug-likeness (QED) is 0.339. The molecule has 0 radical (unpaired) electrons. The molecule has 33 heavy (non-hydrogen) atoms. The number of carbonyl (C=O) groups excluding carboxylic acids is 1. The first-order valence-corrected chi connectivity index (χ1v) is 11.8. The van der Waals surface area contributed by atoms with Gasteiger partial charge in [-0.05, 0) is 42.8 Å². The Balaban J connectivity index is 1.92. The monoisotopic (exact) mass is 507 g/mol. The van der Waals surface area contributed by atoms with Crippen LogP contribution in [0, 0.1) is 17.0 Å². The molecule has 0 fully saturated rings. The maximum absolute atomic E-state index is 13.3. The number of amides is 1. The molecule has 0 heterocycles. The van der Waals surface area contributed by atoms with E-state index in [1.165, 1.54) is 43.3 Å². The second kappa shape index (κ2) is 10.3. The van der Waals surface area contributed by atoms with Gasteiger partial charge in [0.1, 0.15) is 0 Å². The van der Waals surface area contributed by atoms with E-state index in [-0.39, 0.29) is 33.4 Å². The fourth-order valence-electron chi connectivity index (χ4n) is 3.11. The third kappa shape index (κ3) is 5.88. The van der Waals surface area contributed by atoms with E-state index < -0.39 is 27.4 Å². The minimum absolute atomic E-state index is 0.00872. The summed E-state index contributed by atoms with van der Waals surface area (Å²) in [6.07, 6.45) is 0. The third-order valence-corrected chi connectivity index (χ3v) is 7.23. The van der Waals surface area contributed by atoms with Gasteiger partial charge in [0, 0.05) is 22.7 Å². The molecule has 3 aromatic rings. The highest BCUT2D eigenvalue weighted by Crippen LogP contribution is 2.27. The van der Waals surface area contributed by atoms with Gasteiger partial charge < -0.3 is 5.32 Å². The van der Waals surface area contributed by atoms with Crippen LogP contribution in [0.3, 0.4) is 0 Å². The number of nitro groups is 1. The molecule has 0 saturated carbocycles. The van der Waals surface area contributed by atoms with Crippen LogP contribution in [0.5, 0.6) is 0 Å². The molecule has 3 aromatic carbocycles. The fraction of sp³-hybridized carbons (Fsp3) is 0.136. The molecule has 0 bridgehead atoms. The van der Waals surface area contributed by atoms with E-state index >= 15 is 0 Å². The summed E-state index contributed by atoms with van der Waals surface area (Å²) in [5.41, 5.74) is 0.777. The van der Waals surface area contributed by atoms with Crippen molar-refractivity contribution in [3.63, 3.8) is 0 Å². The zero-order chi connectivity index (χ0) is 24.2. The van der Waals surface area contributed by atoms with Gasteiger partial charge in [0.05, 0.1) is 27.6 Å². The summed E-state index contributed by atoms with van der Waals surface area (Å²) in [4.78, 5) is 23.4. The number of halogens is 2. The van der Waals surface area contributed by atoms with Crippen molar-refractivity contribution in [2.75, 3.05) is 11.9 Å². The van der Waals surface area contributed by atoms with E-state index in [2.05, 4.69) is 5.32 Å². The molecular formula is C22H19Cl2N3O5S. The predicted octanol–water partition coefficient (Wildman–Crippen LogP) is 5.04. The van der Waals surface area contributed by atoms with Gasteiger partial charge in [0.25, 0.3) is 5.69 Å². The van der Waals surface area contributed by atoms with Crippen molar-refractivity contribution in [3.8, 4) is 0 Å². The molecule has 1 N–H and O–H groups in total. The van der Waals surface area contributed by atoms with Crippen molar-refractivity contribution in [1.82, 2.24) is 4.31 Å². The molecule has 0 aliphatic rings. The number of hydrogen-bond donors (Lipinski definition) is 1. The molecule has 172 valence electrons. The lowest BCUT2D eigenvalue weighted by atomic mass is 10.1. The largest absolute Gasteiger partial charge is 0.324 e. The molecular weight excluding hydrogens is 489 g/mol. The number of nitrogens with zero attached hydrogens (tertiary/aromatic N) is 2. The SMILES string of the molecule is Cc1c(NC(=O)CN(Cc2ccc(Cl)cc2Cl)S(=O)(=O)c2ccccc2)cccc1[N+](=O)[O-]. The van der Waals surface area contributed by atoms with Crippen LogP contribution in [0.4, 0.5) is 11.4 Å². The average Bonchev–Trinajstić information content (AvgIpc) is 2.76. The first kappa shape index (κ1) is 24.7. The van der Waals surface area contributed by atoms with Gasteiger partial charge in [0.15, 0.2) is 0 Å². The third-order valence-electron chi connectivity index (χ3n) is 4.84. The van der Waals surface area contributed by atoms with Gasteiger partial charge in [-0.2, -0.15) is 4.31 Å². The Morgan fingerprint density at radius 2 is 1.76 bits per heavy atom. The van der Waals surface area contributed by atoms with Crippen LogP contribution < -0.4 is 5.32 Å². The molecule has 3 rings (SSSR count). The molecule has 0 atom stereocenters. The van der Waals surface area contributed by atoms with Gasteiger partial charge >= 0.3 is 0 Å². The summed E-state index contributed by atoms with van der Waals surface area (Å²) in [6.45, 7) is 0.770. The van der Waals surface area contributed by atoms with Crippen LogP contribution in [-0.2, 0) is 21.4 Å². The molecule has 0 unspecified atom stereocenters. The van der Waals surface area contributed by atoms with Crippen molar-refractivity contribution in [1.29, 1.82) is 0 Å². The van der Waals surface area contributed by atoms with Crippen LogP contribution >= 0.6 is 23.2 Å². The smallest absolute Gasteiger partial charge is 0.274 e. The van der Waals surface area contributed by atoms with Crippen molar-refractivity contribution in [3.05, 3.63) is 98.0 Å². The Labute approximate surface area is 200 Å². The number of nitrogens with one attached hydrogen (secondary N) is 1. The van der Waals surface area contributed by atoms with Crippen LogP contribution in [0.1, 0.15) is 11.1 Å². The van der Waals surface area contributed by atoms with Crippen LogP contribution in [-0.4, -0.2) is 30.1 Å². The van der Waals surface area contributed by atoms with Crippen molar-refractivity contribution >= 4 is 50.5 Å². The van der Waals surface area contributed by atoms with Crippen LogP contribution in [0.25, 0.3) is 0 Å². The standard InChI is InChI=1S/C22H19Cl2N3O5S/c1-15-20(8-5-9-21(15)27(29)30)25-22(28)14-26(13-16-10-11-17(23)12-19(16)24)33(31,32)18-6-3-2-4-7-18/h2-12H,13-14H2,1H3,(H,25,28). The molecule has 8 nitrogen and oxygen atoms in total. The average molecular weight is 508 g/mol. The van der Waals surface area contributed by atoms with Crippen molar-refractivity contribution < 1.29 is 18.1 Å². The molecule has 0 aliphatic carbocycles. The summed E-state index contributed by atoms with van der Waals surface area (Å²) in [5, 5.41) is 14.4. The molecule has 0 aliphatic heterocycles. The summed E-state index contributed by atoms with van der Waals surface area (Å²) in [5.74, 6) is -0.664. The Kier molecular flexibility index (Phi) is 7.70. The van der Waals surface area contributed by atoms with E-state index in [1.807, 2.05) is 0 Å². The van der Waals surface area contributed by atoms with Gasteiger partial charge in [-0.25, -0.2) is 8.42 Å². The minimum atomic E-state index is -4.07. The minimum Gasteiger partial charge on any atom is -0.324 e. The number of rotatable bonds is 8. The predicted molar refractivity (Wildman–Crippen MR) is 127 cm³/mol. The van der Waals surface area contributed by atoms with E-state index in [4.69, 9.17) is 23.2 Å². The maximum Gasteiger partial charge on any atom is 0.274 e. The van der Waals surface area contributed by atoms with Crippen LogP contribution in [0.2, 0.25) is 10.0 Å². The normalized spacial score (nSPS) is 11.4. The van der Waals surface area contributed by atoms with Gasteiger partial charge in [-0.3, -0.25) is 14.9 Å². The zero-order valence-electron chi connectivity index (χ0n) is 17.4. The first-order chi connectivity index (χ1) is 15.6. The molecule has 0 aromatic heterocycles. The lowest BCUT2D eigenvalue weighted by Crippen LogP contribution is -2.37. The summed E-state index contributed by atoms with van der Waals surface area (Å²) in [6, 6.07) is 16.6. The second-order valence-corrected chi connectivity index (χ2v) is 9.86. The molecule has 1 amide bonds. The lowest BCUT2D eigenvalue weighted by molar-refractivity contribution is -0.385. The Hall–Kier alpha value is -2.98. The Morgan fingerprint density at radius 1 is 1.06 bits per heavy atom. The van der Waals surface area contributed by atoms with E-state index in [0.717, 1.165) is 4.31 Å². The number of hydrogen-bond acceptors (Lipinski definition) is 5. The van der Waals surface area contributed by atoms with E-state index in [0.29, 0.717) is 10.6 Å². The number of carbonyl (C=O) groups is 1. The van der Waals surface area contributed by atoms with Crippen LogP contribution in [0.15, 0.2) is 71.6 Å².